The number of amides is 1. The molecule has 3 aromatic rings. The van der Waals surface area contributed by atoms with Gasteiger partial charge in [-0.1, -0.05) is 13.0 Å². The Morgan fingerprint density at radius 3 is 2.20 bits per heavy atom. The number of nitrogens with zero attached hydrogens (tertiary/aromatic N) is 1. The lowest BCUT2D eigenvalue weighted by Gasteiger charge is -2.18. The summed E-state index contributed by atoms with van der Waals surface area (Å²) in [7, 11) is 0. The van der Waals surface area contributed by atoms with Gasteiger partial charge in [0.25, 0.3) is 5.56 Å². The van der Waals surface area contributed by atoms with Crippen molar-refractivity contribution in [1.82, 2.24) is 14.9 Å². The van der Waals surface area contributed by atoms with Crippen LogP contribution in [0.5, 0.6) is 0 Å². The third-order valence-electron chi connectivity index (χ3n) is 6.30. The van der Waals surface area contributed by atoms with Crippen LogP contribution in [0.15, 0.2) is 46.0 Å². The first-order chi connectivity index (χ1) is 16.5. The standard InChI is InChI=1S/C10H8FN3O3.C8H8F2.C7H13N/c11-5-1-2-7-6(3-5)9(16)14(4-8(12)15)10(17)13-7;1-2-6-3-4-7(9)5-8(6)10;1-7-4-2-6(8-7)3-5-7/h1-3H,4H2,(H2,12,15)(H,13,17);3-5H,2H2,1H3;6,8H,2-5H2,1H3. The molecule has 2 fully saturated rings. The molecule has 0 saturated carbocycles. The van der Waals surface area contributed by atoms with Crippen molar-refractivity contribution < 1.29 is 18.0 Å². The second-order valence-electron chi connectivity index (χ2n) is 9.05. The summed E-state index contributed by atoms with van der Waals surface area (Å²) in [5.74, 6) is -2.40. The third-order valence-corrected chi connectivity index (χ3v) is 6.30. The highest BCUT2D eigenvalue weighted by Gasteiger charge is 2.39. The maximum atomic E-state index is 13.0. The molecule has 1 aromatic heterocycles. The molecule has 0 atom stereocenters. The first kappa shape index (κ1) is 26.2. The molecule has 0 unspecified atom stereocenters. The molecule has 2 aliphatic rings. The van der Waals surface area contributed by atoms with Gasteiger partial charge < -0.3 is 16.0 Å². The van der Waals surface area contributed by atoms with Gasteiger partial charge in [-0.3, -0.25) is 14.2 Å². The van der Waals surface area contributed by atoms with Crippen LogP contribution in [0.2, 0.25) is 0 Å². The van der Waals surface area contributed by atoms with Crippen LogP contribution in [0.1, 0.15) is 45.1 Å². The van der Waals surface area contributed by atoms with Crippen LogP contribution in [0, 0.1) is 17.5 Å². The minimum Gasteiger partial charge on any atom is -0.368 e. The number of nitrogens with two attached hydrogens (primary N) is 1. The monoisotopic (exact) mass is 490 g/mol. The summed E-state index contributed by atoms with van der Waals surface area (Å²) < 4.78 is 38.5. The van der Waals surface area contributed by atoms with Crippen molar-refractivity contribution in [3.05, 3.63) is 80.3 Å². The molecule has 3 heterocycles. The lowest BCUT2D eigenvalue weighted by atomic mass is 9.90. The number of hydrogen-bond donors (Lipinski definition) is 3. The summed E-state index contributed by atoms with van der Waals surface area (Å²) in [4.78, 5) is 36.4. The fraction of sp³-hybridized carbons (Fsp3) is 0.400. The quantitative estimate of drug-likeness (QED) is 0.524. The van der Waals surface area contributed by atoms with E-state index in [0.717, 1.165) is 24.2 Å². The predicted octanol–water partition coefficient (Wildman–Crippen LogP) is 3.13. The number of aromatic nitrogens is 2. The summed E-state index contributed by atoms with van der Waals surface area (Å²) in [6.45, 7) is 3.64. The van der Waals surface area contributed by atoms with E-state index >= 15 is 0 Å². The molecule has 35 heavy (non-hydrogen) atoms. The first-order valence-corrected chi connectivity index (χ1v) is 11.4. The van der Waals surface area contributed by atoms with Gasteiger partial charge in [-0.15, -0.1) is 0 Å². The Labute approximate surface area is 200 Å². The van der Waals surface area contributed by atoms with Crippen molar-refractivity contribution in [2.75, 3.05) is 0 Å². The van der Waals surface area contributed by atoms with Gasteiger partial charge in [0.1, 0.15) is 24.0 Å². The molecule has 4 N–H and O–H groups in total. The Bertz CT molecular complexity index is 1330. The topological polar surface area (TPSA) is 110 Å². The van der Waals surface area contributed by atoms with Gasteiger partial charge in [-0.2, -0.15) is 0 Å². The van der Waals surface area contributed by atoms with Crippen LogP contribution < -0.4 is 22.3 Å². The van der Waals surface area contributed by atoms with Gasteiger partial charge in [0, 0.05) is 17.6 Å². The zero-order chi connectivity index (χ0) is 25.8. The third kappa shape index (κ3) is 6.60. The van der Waals surface area contributed by atoms with E-state index in [2.05, 4.69) is 17.2 Å². The number of hydrogen-bond acceptors (Lipinski definition) is 4. The number of H-pyrrole nitrogens is 1. The number of nitrogens with one attached hydrogen (secondary N) is 2. The van der Waals surface area contributed by atoms with E-state index in [1.807, 2.05) is 6.92 Å². The molecule has 2 bridgehead atoms. The van der Waals surface area contributed by atoms with E-state index in [4.69, 9.17) is 5.73 Å². The number of halogens is 3. The number of aryl methyl sites for hydroxylation is 1. The fourth-order valence-electron chi connectivity index (χ4n) is 4.37. The molecular weight excluding hydrogens is 461 g/mol. The lowest BCUT2D eigenvalue weighted by Crippen LogP contribution is -2.39. The Morgan fingerprint density at radius 1 is 1.09 bits per heavy atom. The van der Waals surface area contributed by atoms with Gasteiger partial charge in [-0.25, -0.2) is 18.0 Å². The molecule has 2 aliphatic heterocycles. The van der Waals surface area contributed by atoms with Crippen LogP contribution in [-0.2, 0) is 17.8 Å². The largest absolute Gasteiger partial charge is 0.368 e. The highest BCUT2D eigenvalue weighted by molar-refractivity contribution is 5.78. The van der Waals surface area contributed by atoms with Crippen molar-refractivity contribution in [1.29, 1.82) is 0 Å². The zero-order valence-electron chi connectivity index (χ0n) is 19.7. The summed E-state index contributed by atoms with van der Waals surface area (Å²) in [5, 5.41) is 3.60. The molecule has 0 aliphatic carbocycles. The molecular formula is C25H29F3N4O3. The summed E-state index contributed by atoms with van der Waals surface area (Å²) in [6, 6.07) is 7.91. The first-order valence-electron chi connectivity index (χ1n) is 11.4. The molecule has 2 saturated heterocycles. The van der Waals surface area contributed by atoms with E-state index in [9.17, 15) is 27.6 Å². The Balaban J connectivity index is 0.000000160. The van der Waals surface area contributed by atoms with Gasteiger partial charge in [0.2, 0.25) is 5.91 Å². The number of rotatable bonds is 3. The molecule has 0 spiro atoms. The average molecular weight is 491 g/mol. The molecule has 188 valence electrons. The van der Waals surface area contributed by atoms with E-state index < -0.39 is 41.2 Å². The molecule has 7 nitrogen and oxygen atoms in total. The second-order valence-corrected chi connectivity index (χ2v) is 9.05. The number of fused-ring (bicyclic) bond motifs is 3. The van der Waals surface area contributed by atoms with Gasteiger partial charge >= 0.3 is 5.69 Å². The van der Waals surface area contributed by atoms with Crippen LogP contribution in [-0.4, -0.2) is 27.0 Å². The number of benzene rings is 2. The van der Waals surface area contributed by atoms with Crippen molar-refractivity contribution in [2.24, 2.45) is 5.73 Å². The van der Waals surface area contributed by atoms with Crippen LogP contribution in [0.4, 0.5) is 13.2 Å². The van der Waals surface area contributed by atoms with E-state index in [1.54, 1.807) is 0 Å². The number of carbonyl (C=O) groups excluding carboxylic acids is 1. The minimum absolute atomic E-state index is 0.00847. The molecule has 10 heteroatoms. The Hall–Kier alpha value is -3.40. The van der Waals surface area contributed by atoms with Crippen LogP contribution in [0.3, 0.4) is 0 Å². The molecule has 2 aromatic carbocycles. The summed E-state index contributed by atoms with van der Waals surface area (Å²) in [6.07, 6.45) is 6.29. The van der Waals surface area contributed by atoms with Crippen LogP contribution >= 0.6 is 0 Å². The summed E-state index contributed by atoms with van der Waals surface area (Å²) in [5.41, 5.74) is 4.73. The fourth-order valence-corrected chi connectivity index (χ4v) is 4.37. The van der Waals surface area contributed by atoms with Crippen LogP contribution in [0.25, 0.3) is 10.9 Å². The molecule has 1 amide bonds. The summed E-state index contributed by atoms with van der Waals surface area (Å²) >= 11 is 0. The molecule has 5 rings (SSSR count). The lowest BCUT2D eigenvalue weighted by molar-refractivity contribution is -0.118. The normalized spacial score (nSPS) is 20.1. The van der Waals surface area contributed by atoms with Crippen molar-refractivity contribution in [3.63, 3.8) is 0 Å². The highest BCUT2D eigenvalue weighted by Crippen LogP contribution is 2.36. The van der Waals surface area contributed by atoms with E-state index in [0.29, 0.717) is 22.1 Å². The smallest absolute Gasteiger partial charge is 0.329 e. The number of carbonyl (C=O) groups is 1. The van der Waals surface area contributed by atoms with Gasteiger partial charge in [0.15, 0.2) is 0 Å². The van der Waals surface area contributed by atoms with Gasteiger partial charge in [-0.05, 0) is 68.9 Å². The van der Waals surface area contributed by atoms with Gasteiger partial charge in [0.05, 0.1) is 10.9 Å². The van der Waals surface area contributed by atoms with E-state index in [1.165, 1.54) is 43.9 Å². The number of aromatic amines is 1. The maximum absolute atomic E-state index is 13.0. The molecule has 0 radical (unpaired) electrons. The average Bonchev–Trinajstić information content (AvgIpc) is 3.37. The van der Waals surface area contributed by atoms with Crippen molar-refractivity contribution in [2.45, 2.75) is 64.1 Å². The highest BCUT2D eigenvalue weighted by atomic mass is 19.1. The maximum Gasteiger partial charge on any atom is 0.329 e. The SMILES string of the molecule is CC12CCC(CC1)N2.CCc1ccc(F)cc1F.NC(=O)Cn1c(=O)[nH]c2ccc(F)cc2c1=O. The number of primary amides is 1. The predicted molar refractivity (Wildman–Crippen MR) is 128 cm³/mol. The van der Waals surface area contributed by atoms with Crippen molar-refractivity contribution >= 4 is 16.8 Å². The van der Waals surface area contributed by atoms with E-state index in [-0.39, 0.29) is 10.9 Å². The van der Waals surface area contributed by atoms with Crippen molar-refractivity contribution in [3.8, 4) is 0 Å². The second kappa shape index (κ2) is 10.9. The zero-order valence-corrected chi connectivity index (χ0v) is 19.7. The Morgan fingerprint density at radius 2 is 1.71 bits per heavy atom. The minimum atomic E-state index is -0.826. The Kier molecular flexibility index (Phi) is 8.16.